The molecule has 0 fully saturated rings. The highest BCUT2D eigenvalue weighted by molar-refractivity contribution is 6.09. The van der Waals surface area contributed by atoms with E-state index in [1.807, 2.05) is 0 Å². The summed E-state index contributed by atoms with van der Waals surface area (Å²) in [5.41, 5.74) is 31.9. The largest absolute Gasteiger partial charge is 0.0760 e. The Morgan fingerprint density at radius 3 is 0.559 bits per heavy atom. The topological polar surface area (TPSA) is 0 Å². The van der Waals surface area contributed by atoms with Crippen LogP contribution in [0.25, 0.3) is 66.8 Å². The van der Waals surface area contributed by atoms with Crippen molar-refractivity contribution in [1.82, 2.24) is 0 Å². The lowest BCUT2D eigenvalue weighted by atomic mass is 9.80. The number of allylic oxidation sites excluding steroid dienone is 8. The van der Waals surface area contributed by atoms with E-state index >= 15 is 0 Å². The average Bonchev–Trinajstić information content (AvgIpc) is 3.31. The summed E-state index contributed by atoms with van der Waals surface area (Å²) in [7, 11) is 0. The predicted molar refractivity (Wildman–Crippen MR) is 303 cm³/mol. The molecule has 6 aromatic rings. The van der Waals surface area contributed by atoms with Crippen LogP contribution in [0.4, 0.5) is 0 Å². The molecule has 0 spiro atoms. The molecule has 0 saturated heterocycles. The first-order valence-corrected chi connectivity index (χ1v) is 26.4. The van der Waals surface area contributed by atoms with Crippen LogP contribution in [0.5, 0.6) is 0 Å². The molecule has 0 atom stereocenters. The second kappa shape index (κ2) is 23.1. The predicted octanol–water partition coefficient (Wildman–Crippen LogP) is 20.8. The minimum atomic E-state index is 1.07. The number of aryl methyl sites for hydroxylation is 8. The second-order valence-electron chi connectivity index (χ2n) is 20.1. The van der Waals surface area contributed by atoms with Gasteiger partial charge in [0.15, 0.2) is 0 Å². The molecule has 0 nitrogen and oxygen atoms in total. The zero-order valence-corrected chi connectivity index (χ0v) is 44.0. The molecule has 0 saturated carbocycles. The summed E-state index contributed by atoms with van der Waals surface area (Å²) in [5, 5.41) is 0. The van der Waals surface area contributed by atoms with Gasteiger partial charge in [0.05, 0.1) is 0 Å². The van der Waals surface area contributed by atoms with Crippen LogP contribution in [-0.4, -0.2) is 0 Å². The minimum absolute atomic E-state index is 1.07. The maximum absolute atomic E-state index is 2.56. The molecule has 352 valence electrons. The first-order valence-electron chi connectivity index (χ1n) is 26.4. The maximum Gasteiger partial charge on any atom is -0.0122 e. The fraction of sp³-hybridized carbons (Fsp3) is 0.353. The van der Waals surface area contributed by atoms with E-state index in [0.717, 1.165) is 25.7 Å². The molecule has 0 aliphatic heterocycles. The third kappa shape index (κ3) is 11.1. The van der Waals surface area contributed by atoms with Crippen molar-refractivity contribution in [1.29, 1.82) is 0 Å². The van der Waals surface area contributed by atoms with E-state index in [2.05, 4.69) is 204 Å². The van der Waals surface area contributed by atoms with Gasteiger partial charge >= 0.3 is 0 Å². The summed E-state index contributed by atoms with van der Waals surface area (Å²) >= 11 is 0. The van der Waals surface area contributed by atoms with E-state index in [1.165, 1.54) is 185 Å². The lowest BCUT2D eigenvalue weighted by Gasteiger charge is -2.24. The Balaban J connectivity index is 1.48. The Bertz CT molecular complexity index is 2370. The first kappa shape index (κ1) is 50.2. The SMILES string of the molecule is CCCC/C=C1/C(=C/CCCC)c2c(C)cc(cc2C)-c2ccc(cc2)-c2cc(C)c(c(C)c2)C(=C\CCCC)/C(=C/CCCC)c2c(C)cc(cc2C)-c2ccc(cc2)-c2cc(C)c1c(C)c2. The Kier molecular flexibility index (Phi) is 17.0. The van der Waals surface area contributed by atoms with Crippen molar-refractivity contribution < 1.29 is 0 Å². The van der Waals surface area contributed by atoms with E-state index in [1.54, 1.807) is 0 Å². The van der Waals surface area contributed by atoms with Crippen LogP contribution in [0.15, 0.2) is 121 Å². The highest BCUT2D eigenvalue weighted by Gasteiger charge is 2.23. The zero-order chi connectivity index (χ0) is 48.5. The van der Waals surface area contributed by atoms with Gasteiger partial charge in [-0.05, 0) is 215 Å². The molecule has 0 heteroatoms. The molecule has 0 heterocycles. The summed E-state index contributed by atoms with van der Waals surface area (Å²) in [6.45, 7) is 27.9. The molecule has 68 heavy (non-hydrogen) atoms. The first-order chi connectivity index (χ1) is 32.9. The fourth-order valence-corrected chi connectivity index (χ4v) is 11.1. The van der Waals surface area contributed by atoms with E-state index in [0.29, 0.717) is 0 Å². The molecule has 0 aromatic heterocycles. The van der Waals surface area contributed by atoms with Gasteiger partial charge in [0, 0.05) is 0 Å². The van der Waals surface area contributed by atoms with Crippen molar-refractivity contribution in [3.05, 3.63) is 188 Å². The maximum atomic E-state index is 2.56. The lowest BCUT2D eigenvalue weighted by Crippen LogP contribution is -2.03. The molecule has 0 radical (unpaired) electrons. The Hall–Kier alpha value is -5.72. The van der Waals surface area contributed by atoms with Gasteiger partial charge in [-0.2, -0.15) is 0 Å². The number of hydrogen-bond acceptors (Lipinski definition) is 0. The molecule has 16 rings (SSSR count). The van der Waals surface area contributed by atoms with Crippen LogP contribution in [0, 0.1) is 55.4 Å². The number of benzene rings is 6. The summed E-state index contributed by atoms with van der Waals surface area (Å²) < 4.78 is 0. The van der Waals surface area contributed by atoms with Gasteiger partial charge in [-0.25, -0.2) is 0 Å². The summed E-state index contributed by atoms with van der Waals surface area (Å²) in [5.74, 6) is 0. The minimum Gasteiger partial charge on any atom is -0.0760 e. The molecular formula is C68H80. The van der Waals surface area contributed by atoms with Crippen LogP contribution in [0.3, 0.4) is 0 Å². The van der Waals surface area contributed by atoms with Crippen molar-refractivity contribution in [2.24, 2.45) is 0 Å². The smallest absolute Gasteiger partial charge is 0.0122 e. The van der Waals surface area contributed by atoms with Crippen LogP contribution in [0.1, 0.15) is 172 Å². The molecule has 0 unspecified atom stereocenters. The van der Waals surface area contributed by atoms with Gasteiger partial charge in [0.2, 0.25) is 0 Å². The van der Waals surface area contributed by atoms with Crippen molar-refractivity contribution >= 4 is 22.3 Å². The monoisotopic (exact) mass is 897 g/mol. The van der Waals surface area contributed by atoms with E-state index < -0.39 is 0 Å². The summed E-state index contributed by atoms with van der Waals surface area (Å²) in [6.07, 6.45) is 24.0. The standard InChI is InChI=1S/C68H80/c1-13-17-21-25-61-62(26-22-18-14-2)66-47(7)39-58(40-48(66)8)54-33-35-56(36-34-54)60-43-51(11)68(52(12)44-60)64(28-24-20-16-4)63(27-23-19-15-3)67-49(9)41-59(42-50(67)10)55-31-29-53(30-32-55)57-37-45(5)65(61)46(6)38-57/h25-44H,13-24H2,1-12H3/b61-25-,62-26-,63-27-,64-28-. The number of hydrogen-bond donors (Lipinski definition) is 0. The normalized spacial score (nSPS) is 15.0. The van der Waals surface area contributed by atoms with Crippen molar-refractivity contribution in [2.75, 3.05) is 0 Å². The van der Waals surface area contributed by atoms with Gasteiger partial charge in [-0.15, -0.1) is 0 Å². The van der Waals surface area contributed by atoms with Crippen molar-refractivity contribution in [2.45, 2.75) is 160 Å². The molecule has 0 N–H and O–H groups in total. The fourth-order valence-electron chi connectivity index (χ4n) is 11.1. The summed E-state index contributed by atoms with van der Waals surface area (Å²) in [4.78, 5) is 0. The lowest BCUT2D eigenvalue weighted by molar-refractivity contribution is 0.813. The molecular weight excluding hydrogens is 817 g/mol. The van der Waals surface area contributed by atoms with Crippen LogP contribution < -0.4 is 0 Å². The average molecular weight is 897 g/mol. The molecule has 0 amide bonds. The highest BCUT2D eigenvalue weighted by atomic mass is 14.3. The van der Waals surface area contributed by atoms with Gasteiger partial charge in [0.25, 0.3) is 0 Å². The quantitative estimate of drug-likeness (QED) is 0.107. The molecule has 6 aromatic carbocycles. The highest BCUT2D eigenvalue weighted by Crippen LogP contribution is 2.44. The zero-order valence-electron chi connectivity index (χ0n) is 44.0. The van der Waals surface area contributed by atoms with Gasteiger partial charge in [0.1, 0.15) is 0 Å². The molecule has 10 aliphatic rings. The molecule has 10 aliphatic carbocycles. The Morgan fingerprint density at radius 2 is 0.412 bits per heavy atom. The van der Waals surface area contributed by atoms with Gasteiger partial charge < -0.3 is 0 Å². The second-order valence-corrected chi connectivity index (χ2v) is 20.1. The third-order valence-electron chi connectivity index (χ3n) is 14.5. The molecule has 12 bridgehead atoms. The number of unbranched alkanes of at least 4 members (excludes halogenated alkanes) is 8. The van der Waals surface area contributed by atoms with E-state index in [-0.39, 0.29) is 0 Å². The van der Waals surface area contributed by atoms with Crippen LogP contribution in [0.2, 0.25) is 0 Å². The number of rotatable bonds is 12. The van der Waals surface area contributed by atoms with Gasteiger partial charge in [-0.1, -0.05) is 200 Å². The van der Waals surface area contributed by atoms with Crippen molar-refractivity contribution in [3.8, 4) is 44.5 Å². The van der Waals surface area contributed by atoms with Crippen LogP contribution >= 0.6 is 0 Å². The third-order valence-corrected chi connectivity index (χ3v) is 14.5. The Labute approximate surface area is 413 Å². The van der Waals surface area contributed by atoms with Gasteiger partial charge in [-0.3, -0.25) is 0 Å². The Morgan fingerprint density at radius 1 is 0.250 bits per heavy atom. The van der Waals surface area contributed by atoms with Crippen molar-refractivity contribution in [3.63, 3.8) is 0 Å². The van der Waals surface area contributed by atoms with Crippen LogP contribution in [-0.2, 0) is 0 Å². The van der Waals surface area contributed by atoms with E-state index in [9.17, 15) is 0 Å². The summed E-state index contributed by atoms with van der Waals surface area (Å²) in [6, 6.07) is 38.2. The van der Waals surface area contributed by atoms with E-state index in [4.69, 9.17) is 0 Å².